The summed E-state index contributed by atoms with van der Waals surface area (Å²) in [5.41, 5.74) is 3.46. The number of nitrogens with two attached hydrogens (primary N) is 1. The highest BCUT2D eigenvalue weighted by atomic mass is 16.2. The Bertz CT molecular complexity index is 371. The summed E-state index contributed by atoms with van der Waals surface area (Å²) < 4.78 is 0. The van der Waals surface area contributed by atoms with Gasteiger partial charge in [-0.15, -0.1) is 0 Å². The summed E-state index contributed by atoms with van der Waals surface area (Å²) in [6.07, 6.45) is 6.75. The van der Waals surface area contributed by atoms with E-state index in [9.17, 15) is 4.79 Å². The van der Waals surface area contributed by atoms with Crippen molar-refractivity contribution < 1.29 is 9.90 Å². The zero-order valence-electron chi connectivity index (χ0n) is 10.4. The van der Waals surface area contributed by atoms with Crippen molar-refractivity contribution in [2.24, 2.45) is 5.84 Å². The molecule has 1 heterocycles. The highest BCUT2D eigenvalue weighted by molar-refractivity contribution is 5.99. The molecule has 0 atom stereocenters. The molecule has 5 N–H and O–H groups in total. The summed E-state index contributed by atoms with van der Waals surface area (Å²) in [5, 5.41) is 11.4. The van der Waals surface area contributed by atoms with Crippen LogP contribution < -0.4 is 16.6 Å². The maximum absolute atomic E-state index is 11.8. The molecular formula is C12H20N4O2. The summed E-state index contributed by atoms with van der Waals surface area (Å²) in [6, 6.07) is 1.65. The third-order valence-corrected chi connectivity index (χ3v) is 2.59. The number of hydrogen-bond donors (Lipinski definition) is 4. The van der Waals surface area contributed by atoms with Crippen LogP contribution in [-0.2, 0) is 0 Å². The molecule has 0 saturated carbocycles. The molecule has 1 aromatic heterocycles. The molecule has 0 saturated heterocycles. The van der Waals surface area contributed by atoms with E-state index in [2.05, 4.69) is 15.7 Å². The molecule has 0 aliphatic rings. The fourth-order valence-electron chi connectivity index (χ4n) is 1.59. The first-order valence-electron chi connectivity index (χ1n) is 6.09. The van der Waals surface area contributed by atoms with E-state index < -0.39 is 0 Å². The van der Waals surface area contributed by atoms with Gasteiger partial charge in [0.05, 0.1) is 11.3 Å². The molecule has 1 rings (SSSR count). The van der Waals surface area contributed by atoms with Gasteiger partial charge in [0.25, 0.3) is 5.91 Å². The van der Waals surface area contributed by atoms with Gasteiger partial charge in [0.15, 0.2) is 0 Å². The first kappa shape index (κ1) is 14.4. The van der Waals surface area contributed by atoms with E-state index in [0.717, 1.165) is 25.7 Å². The number of nitrogens with zero attached hydrogens (tertiary/aromatic N) is 1. The van der Waals surface area contributed by atoms with E-state index >= 15 is 0 Å². The first-order valence-corrected chi connectivity index (χ1v) is 6.09. The molecule has 0 bridgehead atoms. The number of carbonyl (C=O) groups is 1. The lowest BCUT2D eigenvalue weighted by atomic mass is 10.2. The molecule has 1 aromatic rings. The topological polar surface area (TPSA) is 100 Å². The SMILES string of the molecule is NNc1ccncc1C(=O)NCCCCCCO. The Morgan fingerprint density at radius 3 is 2.83 bits per heavy atom. The Morgan fingerprint density at radius 1 is 1.33 bits per heavy atom. The van der Waals surface area contributed by atoms with Crippen LogP contribution in [0.4, 0.5) is 5.69 Å². The summed E-state index contributed by atoms with van der Waals surface area (Å²) in [5.74, 6) is 5.13. The Labute approximate surface area is 107 Å². The van der Waals surface area contributed by atoms with E-state index in [0.29, 0.717) is 17.8 Å². The molecule has 0 unspecified atom stereocenters. The molecule has 0 fully saturated rings. The van der Waals surface area contributed by atoms with Gasteiger partial charge in [-0.2, -0.15) is 0 Å². The Balaban J connectivity index is 2.32. The molecule has 18 heavy (non-hydrogen) atoms. The van der Waals surface area contributed by atoms with E-state index in [1.54, 1.807) is 12.3 Å². The van der Waals surface area contributed by atoms with Crippen LogP contribution in [0, 0.1) is 0 Å². The number of pyridine rings is 1. The van der Waals surface area contributed by atoms with Gasteiger partial charge in [-0.3, -0.25) is 15.6 Å². The van der Waals surface area contributed by atoms with Crippen molar-refractivity contribution in [1.29, 1.82) is 0 Å². The fourth-order valence-corrected chi connectivity index (χ4v) is 1.59. The average molecular weight is 252 g/mol. The minimum Gasteiger partial charge on any atom is -0.396 e. The minimum atomic E-state index is -0.182. The number of anilines is 1. The van der Waals surface area contributed by atoms with Crippen LogP contribution in [0.1, 0.15) is 36.0 Å². The molecular weight excluding hydrogens is 232 g/mol. The van der Waals surface area contributed by atoms with Crippen LogP contribution >= 0.6 is 0 Å². The lowest BCUT2D eigenvalue weighted by Gasteiger charge is -2.08. The van der Waals surface area contributed by atoms with Crippen molar-refractivity contribution in [3.05, 3.63) is 24.0 Å². The van der Waals surface area contributed by atoms with Crippen LogP contribution in [0.15, 0.2) is 18.5 Å². The zero-order chi connectivity index (χ0) is 13.2. The molecule has 0 aliphatic heterocycles. The Kier molecular flexibility index (Phi) is 6.75. The number of hydrogen-bond acceptors (Lipinski definition) is 5. The largest absolute Gasteiger partial charge is 0.396 e. The number of aliphatic hydroxyl groups is 1. The van der Waals surface area contributed by atoms with Crippen molar-refractivity contribution in [3.8, 4) is 0 Å². The third kappa shape index (κ3) is 4.68. The van der Waals surface area contributed by atoms with E-state index in [1.165, 1.54) is 6.20 Å². The number of aliphatic hydroxyl groups excluding tert-OH is 1. The second kappa shape index (κ2) is 8.43. The molecule has 0 aromatic carbocycles. The molecule has 0 radical (unpaired) electrons. The third-order valence-electron chi connectivity index (χ3n) is 2.59. The van der Waals surface area contributed by atoms with Crippen LogP contribution in [0.3, 0.4) is 0 Å². The highest BCUT2D eigenvalue weighted by Gasteiger charge is 2.09. The van der Waals surface area contributed by atoms with E-state index in [-0.39, 0.29) is 12.5 Å². The zero-order valence-corrected chi connectivity index (χ0v) is 10.4. The molecule has 0 aliphatic carbocycles. The van der Waals surface area contributed by atoms with Crippen LogP contribution in [-0.4, -0.2) is 29.1 Å². The summed E-state index contributed by atoms with van der Waals surface area (Å²) in [4.78, 5) is 15.7. The average Bonchev–Trinajstić information content (AvgIpc) is 2.42. The van der Waals surface area contributed by atoms with Gasteiger partial charge in [-0.05, 0) is 18.9 Å². The Hall–Kier alpha value is -1.66. The van der Waals surface area contributed by atoms with Crippen molar-refractivity contribution in [1.82, 2.24) is 10.3 Å². The van der Waals surface area contributed by atoms with Crippen molar-refractivity contribution in [2.75, 3.05) is 18.6 Å². The van der Waals surface area contributed by atoms with Crippen LogP contribution in [0.2, 0.25) is 0 Å². The molecule has 6 nitrogen and oxygen atoms in total. The number of unbranched alkanes of at least 4 members (excludes halogenated alkanes) is 3. The minimum absolute atomic E-state index is 0.182. The second-order valence-electron chi connectivity index (χ2n) is 3.96. The number of amides is 1. The fraction of sp³-hybridized carbons (Fsp3) is 0.500. The Morgan fingerprint density at radius 2 is 2.11 bits per heavy atom. The van der Waals surface area contributed by atoms with Gasteiger partial charge < -0.3 is 15.8 Å². The first-order chi connectivity index (χ1) is 8.79. The number of carbonyl (C=O) groups excluding carboxylic acids is 1. The molecule has 6 heteroatoms. The van der Waals surface area contributed by atoms with Gasteiger partial charge in [0.1, 0.15) is 0 Å². The lowest BCUT2D eigenvalue weighted by Crippen LogP contribution is -2.26. The predicted octanol–water partition coefficient (Wildman–Crippen LogP) is 0.650. The predicted molar refractivity (Wildman–Crippen MR) is 69.9 cm³/mol. The monoisotopic (exact) mass is 252 g/mol. The molecule has 1 amide bonds. The summed E-state index contributed by atoms with van der Waals surface area (Å²) in [7, 11) is 0. The van der Waals surface area contributed by atoms with E-state index in [1.807, 2.05) is 0 Å². The standard InChI is InChI=1S/C12H20N4O2/c13-16-11-5-7-14-9-10(11)12(18)15-6-3-1-2-4-8-17/h5,7,9,17H,1-4,6,8,13H2,(H,14,16)(H,15,18). The van der Waals surface area contributed by atoms with Crippen molar-refractivity contribution in [3.63, 3.8) is 0 Å². The molecule has 0 spiro atoms. The van der Waals surface area contributed by atoms with Crippen molar-refractivity contribution >= 4 is 11.6 Å². The van der Waals surface area contributed by atoms with Crippen LogP contribution in [0.5, 0.6) is 0 Å². The highest BCUT2D eigenvalue weighted by Crippen LogP contribution is 2.11. The van der Waals surface area contributed by atoms with Gasteiger partial charge in [-0.25, -0.2) is 0 Å². The van der Waals surface area contributed by atoms with Gasteiger partial charge >= 0.3 is 0 Å². The normalized spacial score (nSPS) is 10.1. The number of nitrogens with one attached hydrogen (secondary N) is 2. The molecule has 100 valence electrons. The number of rotatable bonds is 8. The van der Waals surface area contributed by atoms with Gasteiger partial charge in [0, 0.05) is 25.5 Å². The number of aromatic nitrogens is 1. The van der Waals surface area contributed by atoms with Gasteiger partial charge in [-0.1, -0.05) is 12.8 Å². The number of nitrogen functional groups attached to an aromatic ring is 1. The maximum Gasteiger partial charge on any atom is 0.255 e. The quantitative estimate of drug-likeness (QED) is 0.309. The van der Waals surface area contributed by atoms with E-state index in [4.69, 9.17) is 10.9 Å². The smallest absolute Gasteiger partial charge is 0.255 e. The second-order valence-corrected chi connectivity index (χ2v) is 3.96. The summed E-state index contributed by atoms with van der Waals surface area (Å²) in [6.45, 7) is 0.844. The summed E-state index contributed by atoms with van der Waals surface area (Å²) >= 11 is 0. The lowest BCUT2D eigenvalue weighted by molar-refractivity contribution is 0.0953. The van der Waals surface area contributed by atoms with Crippen molar-refractivity contribution in [2.45, 2.75) is 25.7 Å². The van der Waals surface area contributed by atoms with Gasteiger partial charge in [0.2, 0.25) is 0 Å². The van der Waals surface area contributed by atoms with Crippen LogP contribution in [0.25, 0.3) is 0 Å². The number of hydrazine groups is 1. The maximum atomic E-state index is 11.8.